The summed E-state index contributed by atoms with van der Waals surface area (Å²) < 4.78 is 33.0. The molecule has 0 amide bonds. The van der Waals surface area contributed by atoms with E-state index < -0.39 is 11.6 Å². The second kappa shape index (κ2) is 5.70. The van der Waals surface area contributed by atoms with Crippen LogP contribution in [0, 0.1) is 25.5 Å². The predicted molar refractivity (Wildman–Crippen MR) is 75.0 cm³/mol. The molecule has 2 rings (SSSR count). The Morgan fingerprint density at radius 3 is 2.32 bits per heavy atom. The van der Waals surface area contributed by atoms with E-state index in [1.54, 1.807) is 12.1 Å². The van der Waals surface area contributed by atoms with Gasteiger partial charge in [-0.25, -0.2) is 8.78 Å². The van der Waals surface area contributed by atoms with E-state index in [0.717, 1.165) is 11.1 Å². The van der Waals surface area contributed by atoms with E-state index in [9.17, 15) is 8.78 Å². The van der Waals surface area contributed by atoms with Crippen molar-refractivity contribution in [2.75, 3.05) is 0 Å². The number of ether oxygens (including phenoxy) is 1. The van der Waals surface area contributed by atoms with Gasteiger partial charge in [0, 0.05) is 5.33 Å². The minimum Gasteiger partial charge on any atom is -0.451 e. The number of rotatable bonds is 3. The third-order valence-electron chi connectivity index (χ3n) is 2.98. The van der Waals surface area contributed by atoms with E-state index in [2.05, 4.69) is 15.9 Å². The van der Waals surface area contributed by atoms with Crippen LogP contribution < -0.4 is 4.74 Å². The van der Waals surface area contributed by atoms with Gasteiger partial charge < -0.3 is 4.74 Å². The van der Waals surface area contributed by atoms with Crippen molar-refractivity contribution in [2.24, 2.45) is 0 Å². The first-order valence-electron chi connectivity index (χ1n) is 5.81. The zero-order chi connectivity index (χ0) is 14.0. The number of hydrogen-bond acceptors (Lipinski definition) is 1. The van der Waals surface area contributed by atoms with Crippen LogP contribution in [0.3, 0.4) is 0 Å². The molecule has 2 aromatic rings. The fourth-order valence-corrected chi connectivity index (χ4v) is 2.06. The van der Waals surface area contributed by atoms with Crippen molar-refractivity contribution in [2.45, 2.75) is 19.2 Å². The van der Waals surface area contributed by atoms with Gasteiger partial charge in [0.1, 0.15) is 5.75 Å². The average molecular weight is 327 g/mol. The number of halogens is 3. The summed E-state index contributed by atoms with van der Waals surface area (Å²) in [6, 6.07) is 7.93. The van der Waals surface area contributed by atoms with Crippen LogP contribution in [0.4, 0.5) is 8.78 Å². The fourth-order valence-electron chi connectivity index (χ4n) is 1.73. The van der Waals surface area contributed by atoms with Crippen LogP contribution in [0.2, 0.25) is 0 Å². The first-order valence-corrected chi connectivity index (χ1v) is 6.93. The average Bonchev–Trinajstić information content (AvgIpc) is 2.38. The maximum absolute atomic E-state index is 13.8. The molecule has 100 valence electrons. The van der Waals surface area contributed by atoms with Gasteiger partial charge in [0.05, 0.1) is 0 Å². The molecule has 0 unspecified atom stereocenters. The molecule has 0 atom stereocenters. The molecule has 1 nitrogen and oxygen atoms in total. The quantitative estimate of drug-likeness (QED) is 0.698. The van der Waals surface area contributed by atoms with Gasteiger partial charge in [0.15, 0.2) is 17.4 Å². The van der Waals surface area contributed by atoms with Crippen molar-refractivity contribution in [3.8, 4) is 11.5 Å². The van der Waals surface area contributed by atoms with Gasteiger partial charge in [-0.3, -0.25) is 0 Å². The minimum absolute atomic E-state index is 0.363. The SMILES string of the molecule is Cc1cccc(Oc2c(F)cc(CBr)cc2F)c1C. The Kier molecular flexibility index (Phi) is 4.20. The van der Waals surface area contributed by atoms with Crippen LogP contribution in [-0.4, -0.2) is 0 Å². The van der Waals surface area contributed by atoms with E-state index >= 15 is 0 Å². The Morgan fingerprint density at radius 2 is 1.74 bits per heavy atom. The van der Waals surface area contributed by atoms with Crippen LogP contribution in [0.25, 0.3) is 0 Å². The third kappa shape index (κ3) is 2.95. The second-order valence-electron chi connectivity index (χ2n) is 4.32. The van der Waals surface area contributed by atoms with Crippen molar-refractivity contribution in [1.82, 2.24) is 0 Å². The Balaban J connectivity index is 2.41. The van der Waals surface area contributed by atoms with Gasteiger partial charge in [-0.05, 0) is 48.7 Å². The summed E-state index contributed by atoms with van der Waals surface area (Å²) in [4.78, 5) is 0. The lowest BCUT2D eigenvalue weighted by atomic mass is 10.1. The standard InChI is InChI=1S/C15H13BrF2O/c1-9-4-3-5-14(10(9)2)19-15-12(17)6-11(8-16)7-13(15)18/h3-7H,8H2,1-2H3. The van der Waals surface area contributed by atoms with Gasteiger partial charge in [-0.2, -0.15) is 0 Å². The Morgan fingerprint density at radius 1 is 1.11 bits per heavy atom. The smallest absolute Gasteiger partial charge is 0.198 e. The third-order valence-corrected chi connectivity index (χ3v) is 3.63. The number of alkyl halides is 1. The molecule has 0 radical (unpaired) electrons. The molecular weight excluding hydrogens is 314 g/mol. The molecule has 0 aliphatic heterocycles. The summed E-state index contributed by atoms with van der Waals surface area (Å²) in [5, 5.41) is 0.393. The lowest BCUT2D eigenvalue weighted by Gasteiger charge is -2.12. The van der Waals surface area contributed by atoms with Crippen LogP contribution in [0.1, 0.15) is 16.7 Å². The Labute approximate surface area is 119 Å². The largest absolute Gasteiger partial charge is 0.451 e. The summed E-state index contributed by atoms with van der Waals surface area (Å²) in [7, 11) is 0. The monoisotopic (exact) mass is 326 g/mol. The first-order chi connectivity index (χ1) is 9.02. The van der Waals surface area contributed by atoms with E-state index in [4.69, 9.17) is 4.74 Å². The highest BCUT2D eigenvalue weighted by atomic mass is 79.9. The van der Waals surface area contributed by atoms with Gasteiger partial charge in [0.25, 0.3) is 0 Å². The van der Waals surface area contributed by atoms with E-state index in [0.29, 0.717) is 16.6 Å². The molecule has 2 aromatic carbocycles. The minimum atomic E-state index is -0.699. The molecule has 4 heteroatoms. The van der Waals surface area contributed by atoms with Gasteiger partial charge in [-0.15, -0.1) is 0 Å². The van der Waals surface area contributed by atoms with Crippen molar-refractivity contribution in [3.63, 3.8) is 0 Å². The molecule has 0 aliphatic rings. The summed E-state index contributed by atoms with van der Waals surface area (Å²) in [5.41, 5.74) is 2.41. The van der Waals surface area contributed by atoms with E-state index in [-0.39, 0.29) is 5.75 Å². The second-order valence-corrected chi connectivity index (χ2v) is 4.88. The zero-order valence-corrected chi connectivity index (χ0v) is 12.2. The van der Waals surface area contributed by atoms with Crippen LogP contribution in [0.5, 0.6) is 11.5 Å². The van der Waals surface area contributed by atoms with Crippen molar-refractivity contribution >= 4 is 15.9 Å². The zero-order valence-electron chi connectivity index (χ0n) is 10.6. The maximum atomic E-state index is 13.8. The van der Waals surface area contributed by atoms with Gasteiger partial charge >= 0.3 is 0 Å². The number of hydrogen-bond donors (Lipinski definition) is 0. The lowest BCUT2D eigenvalue weighted by Crippen LogP contribution is -1.97. The van der Waals surface area contributed by atoms with E-state index in [1.165, 1.54) is 12.1 Å². The number of benzene rings is 2. The summed E-state index contributed by atoms with van der Waals surface area (Å²) in [6.07, 6.45) is 0. The molecule has 0 aromatic heterocycles. The molecule has 0 saturated carbocycles. The molecule has 0 spiro atoms. The Hall–Kier alpha value is -1.42. The fraction of sp³-hybridized carbons (Fsp3) is 0.200. The van der Waals surface area contributed by atoms with Gasteiger partial charge in [0.2, 0.25) is 0 Å². The van der Waals surface area contributed by atoms with E-state index in [1.807, 2.05) is 19.9 Å². The summed E-state index contributed by atoms with van der Waals surface area (Å²) >= 11 is 3.16. The maximum Gasteiger partial charge on any atom is 0.198 e. The molecule has 0 saturated heterocycles. The highest BCUT2D eigenvalue weighted by Crippen LogP contribution is 2.31. The molecule has 0 bridgehead atoms. The molecule has 0 aliphatic carbocycles. The molecule has 19 heavy (non-hydrogen) atoms. The normalized spacial score (nSPS) is 10.6. The Bertz CT molecular complexity index is 588. The highest BCUT2D eigenvalue weighted by molar-refractivity contribution is 9.08. The molecule has 0 N–H and O–H groups in total. The molecule has 0 fully saturated rings. The topological polar surface area (TPSA) is 9.23 Å². The van der Waals surface area contributed by atoms with Crippen LogP contribution in [0.15, 0.2) is 30.3 Å². The highest BCUT2D eigenvalue weighted by Gasteiger charge is 2.14. The molecule has 0 heterocycles. The molecular formula is C15H13BrF2O. The number of aryl methyl sites for hydroxylation is 1. The summed E-state index contributed by atoms with van der Waals surface area (Å²) in [6.45, 7) is 3.77. The van der Waals surface area contributed by atoms with Crippen molar-refractivity contribution in [1.29, 1.82) is 0 Å². The summed E-state index contributed by atoms with van der Waals surface area (Å²) in [5.74, 6) is -1.30. The first kappa shape index (κ1) is 14.0. The van der Waals surface area contributed by atoms with Crippen molar-refractivity contribution in [3.05, 3.63) is 58.7 Å². The van der Waals surface area contributed by atoms with Crippen LogP contribution in [-0.2, 0) is 5.33 Å². The van der Waals surface area contributed by atoms with Crippen molar-refractivity contribution < 1.29 is 13.5 Å². The van der Waals surface area contributed by atoms with Gasteiger partial charge in [-0.1, -0.05) is 28.1 Å². The predicted octanol–water partition coefficient (Wildman–Crippen LogP) is 5.27. The van der Waals surface area contributed by atoms with Crippen LogP contribution >= 0.6 is 15.9 Å². The lowest BCUT2D eigenvalue weighted by molar-refractivity contribution is 0.404.